The van der Waals surface area contributed by atoms with Crippen LogP contribution in [-0.2, 0) is 17.6 Å². The first kappa shape index (κ1) is 29.0. The Kier molecular flexibility index (Phi) is 8.36. The molecule has 1 unspecified atom stereocenters. The lowest BCUT2D eigenvalue weighted by Gasteiger charge is -2.38. The molecule has 0 fully saturated rings. The Morgan fingerprint density at radius 3 is 2.77 bits per heavy atom. The Bertz CT molecular complexity index is 1710. The van der Waals surface area contributed by atoms with Crippen molar-refractivity contribution in [3.05, 3.63) is 112 Å². The molecule has 226 valence electrons. The molecule has 8 bridgehead atoms. The first-order chi connectivity index (χ1) is 21.4. The van der Waals surface area contributed by atoms with Gasteiger partial charge in [0.25, 0.3) is 5.91 Å². The second kappa shape index (κ2) is 12.7. The number of carbonyl (C=O) groups excluding carboxylic acids is 2. The highest BCUT2D eigenvalue weighted by atomic mass is 19.1. The van der Waals surface area contributed by atoms with Crippen LogP contribution in [-0.4, -0.2) is 48.6 Å². The minimum Gasteiger partial charge on any atom is -0.507 e. The van der Waals surface area contributed by atoms with Gasteiger partial charge in [-0.25, -0.2) is 4.39 Å². The number of aromatic hydroxyl groups is 1. The van der Waals surface area contributed by atoms with Gasteiger partial charge in [-0.15, -0.1) is 0 Å². The normalized spacial score (nSPS) is 16.2. The number of phenolic OH excluding ortho intramolecular Hbond substituents is 1. The van der Waals surface area contributed by atoms with Crippen LogP contribution in [0.25, 0.3) is 0 Å². The van der Waals surface area contributed by atoms with E-state index in [-0.39, 0.29) is 29.5 Å². The number of ether oxygens (including phenoxy) is 3. The number of hydrogen-bond acceptors (Lipinski definition) is 6. The Morgan fingerprint density at radius 1 is 1.07 bits per heavy atom. The lowest BCUT2D eigenvalue weighted by Crippen LogP contribution is -2.40. The van der Waals surface area contributed by atoms with Crippen LogP contribution >= 0.6 is 0 Å². The fourth-order valence-corrected chi connectivity index (χ4v) is 5.80. The van der Waals surface area contributed by atoms with Gasteiger partial charge in [-0.1, -0.05) is 24.3 Å². The summed E-state index contributed by atoms with van der Waals surface area (Å²) in [5, 5.41) is 13.2. The summed E-state index contributed by atoms with van der Waals surface area (Å²) in [5.74, 6) is 0.986. The van der Waals surface area contributed by atoms with E-state index in [2.05, 4.69) is 5.32 Å². The van der Waals surface area contributed by atoms with Crippen molar-refractivity contribution in [3.8, 4) is 28.7 Å². The highest BCUT2D eigenvalue weighted by molar-refractivity contribution is 5.97. The Hall–Kier alpha value is -5.05. The van der Waals surface area contributed by atoms with Crippen LogP contribution in [0.2, 0.25) is 0 Å². The smallest absolute Gasteiger partial charge is 0.255 e. The average Bonchev–Trinajstić information content (AvgIpc) is 3.03. The van der Waals surface area contributed by atoms with Crippen molar-refractivity contribution in [1.82, 2.24) is 10.2 Å². The summed E-state index contributed by atoms with van der Waals surface area (Å²) in [5.41, 5.74) is 3.65. The summed E-state index contributed by atoms with van der Waals surface area (Å²) in [6.07, 6.45) is 1.79. The Labute approximate surface area is 255 Å². The number of rotatable bonds is 4. The van der Waals surface area contributed by atoms with Gasteiger partial charge in [-0.2, -0.15) is 0 Å². The third-order valence-electron chi connectivity index (χ3n) is 7.98. The summed E-state index contributed by atoms with van der Waals surface area (Å²) in [6, 6.07) is 21.9. The predicted octanol–water partition coefficient (Wildman–Crippen LogP) is 5.95. The molecule has 0 aliphatic carbocycles. The minimum absolute atomic E-state index is 0.0370. The maximum absolute atomic E-state index is 13.8. The number of benzene rings is 4. The van der Waals surface area contributed by atoms with Crippen LogP contribution in [0.1, 0.15) is 51.5 Å². The average molecular weight is 597 g/mol. The number of hydrogen-bond donors (Lipinski definition) is 2. The van der Waals surface area contributed by atoms with Crippen molar-refractivity contribution in [2.45, 2.75) is 31.7 Å². The largest absolute Gasteiger partial charge is 0.507 e. The Morgan fingerprint density at radius 2 is 1.93 bits per heavy atom. The molecule has 0 saturated carbocycles. The predicted molar refractivity (Wildman–Crippen MR) is 162 cm³/mol. The zero-order valence-electron chi connectivity index (χ0n) is 24.3. The molecule has 2 N–H and O–H groups in total. The SMILES string of the molecule is COc1cc2c3cc1Oc1ccc(O)c(c1)C(=O)NCCCOc1cccc(c1)C2N(C(=O)CCc1cccc(F)c1)CC3. The standard InChI is InChI=1S/C35H33FN2O6/c1-42-31-21-28-23-13-15-38(33(40)12-9-22-5-2-7-25(36)17-22)34(28)24-6-3-8-26(18-24)43-16-4-14-37-35(41)29-20-27(10-11-30(29)39)44-32(31)19-23/h2-3,5-8,10-11,17-21,34,39H,4,9,12-16H2,1H3,(H,37,41). The number of aryl methyl sites for hydroxylation is 1. The van der Waals surface area contributed by atoms with Crippen molar-refractivity contribution in [2.75, 3.05) is 26.8 Å². The van der Waals surface area contributed by atoms with Crippen LogP contribution in [0.4, 0.5) is 4.39 Å². The molecule has 7 rings (SSSR count). The number of phenols is 1. The molecule has 4 aromatic carbocycles. The van der Waals surface area contributed by atoms with Gasteiger partial charge in [0, 0.05) is 19.5 Å². The Balaban J connectivity index is 1.40. The van der Waals surface area contributed by atoms with Crippen molar-refractivity contribution in [1.29, 1.82) is 0 Å². The van der Waals surface area contributed by atoms with E-state index >= 15 is 0 Å². The monoisotopic (exact) mass is 596 g/mol. The van der Waals surface area contributed by atoms with Crippen LogP contribution in [0.5, 0.6) is 28.7 Å². The molecular weight excluding hydrogens is 563 g/mol. The van der Waals surface area contributed by atoms with Crippen molar-refractivity contribution >= 4 is 11.8 Å². The quantitative estimate of drug-likeness (QED) is 0.302. The van der Waals surface area contributed by atoms with Gasteiger partial charge in [0.05, 0.1) is 25.3 Å². The summed E-state index contributed by atoms with van der Waals surface area (Å²) >= 11 is 0. The van der Waals surface area contributed by atoms with E-state index in [9.17, 15) is 19.1 Å². The minimum atomic E-state index is -0.418. The summed E-state index contributed by atoms with van der Waals surface area (Å²) in [6.45, 7) is 1.17. The number of fused-ring (bicyclic) bond motifs is 6. The molecule has 0 radical (unpaired) electrons. The number of amides is 2. The fourth-order valence-electron chi connectivity index (χ4n) is 5.80. The molecule has 0 aromatic heterocycles. The topological polar surface area (TPSA) is 97.3 Å². The van der Waals surface area contributed by atoms with Gasteiger partial charge in [0.1, 0.15) is 23.1 Å². The van der Waals surface area contributed by atoms with E-state index in [1.807, 2.05) is 47.4 Å². The molecule has 3 aliphatic heterocycles. The van der Waals surface area contributed by atoms with E-state index in [1.54, 1.807) is 19.2 Å². The van der Waals surface area contributed by atoms with E-state index in [0.29, 0.717) is 62.0 Å². The lowest BCUT2D eigenvalue weighted by atomic mass is 9.87. The van der Waals surface area contributed by atoms with Gasteiger partial charge in [0.2, 0.25) is 5.91 Å². The molecule has 0 saturated heterocycles. The summed E-state index contributed by atoms with van der Waals surface area (Å²) in [4.78, 5) is 28.5. The van der Waals surface area contributed by atoms with Crippen LogP contribution in [0, 0.1) is 5.82 Å². The van der Waals surface area contributed by atoms with E-state index in [0.717, 1.165) is 22.3 Å². The molecule has 2 amide bonds. The molecule has 4 aromatic rings. The number of carbonyl (C=O) groups is 2. The van der Waals surface area contributed by atoms with E-state index in [1.165, 1.54) is 24.3 Å². The molecule has 3 heterocycles. The highest BCUT2D eigenvalue weighted by Gasteiger charge is 2.33. The van der Waals surface area contributed by atoms with E-state index < -0.39 is 11.9 Å². The van der Waals surface area contributed by atoms with Crippen LogP contribution in [0.3, 0.4) is 0 Å². The van der Waals surface area contributed by atoms with Gasteiger partial charge >= 0.3 is 0 Å². The zero-order chi connectivity index (χ0) is 30.6. The number of nitrogens with zero attached hydrogens (tertiary/aromatic N) is 1. The second-order valence-corrected chi connectivity index (χ2v) is 10.9. The number of halogens is 1. The van der Waals surface area contributed by atoms with Crippen molar-refractivity contribution in [2.24, 2.45) is 0 Å². The molecular formula is C35H33FN2O6. The second-order valence-electron chi connectivity index (χ2n) is 10.9. The van der Waals surface area contributed by atoms with Gasteiger partial charge in [-0.3, -0.25) is 9.59 Å². The first-order valence-electron chi connectivity index (χ1n) is 14.7. The molecule has 3 aliphatic rings. The van der Waals surface area contributed by atoms with Crippen LogP contribution < -0.4 is 19.5 Å². The van der Waals surface area contributed by atoms with Gasteiger partial charge in [0.15, 0.2) is 11.5 Å². The number of nitrogens with one attached hydrogen (secondary N) is 1. The maximum atomic E-state index is 13.8. The molecule has 44 heavy (non-hydrogen) atoms. The lowest BCUT2D eigenvalue weighted by molar-refractivity contribution is -0.133. The molecule has 8 nitrogen and oxygen atoms in total. The molecule has 9 heteroatoms. The van der Waals surface area contributed by atoms with Crippen molar-refractivity contribution < 1.29 is 33.3 Å². The number of methoxy groups -OCH3 is 1. The maximum Gasteiger partial charge on any atom is 0.255 e. The van der Waals surface area contributed by atoms with Crippen LogP contribution in [0.15, 0.2) is 78.9 Å². The molecule has 1 atom stereocenters. The first-order valence-corrected chi connectivity index (χ1v) is 14.7. The van der Waals surface area contributed by atoms with Gasteiger partial charge in [-0.05, 0) is 96.1 Å². The third kappa shape index (κ3) is 6.17. The fraction of sp³-hybridized carbons (Fsp3) is 0.257. The summed E-state index contributed by atoms with van der Waals surface area (Å²) in [7, 11) is 1.55. The van der Waals surface area contributed by atoms with E-state index in [4.69, 9.17) is 14.2 Å². The summed E-state index contributed by atoms with van der Waals surface area (Å²) < 4.78 is 31.8. The van der Waals surface area contributed by atoms with Crippen molar-refractivity contribution in [3.63, 3.8) is 0 Å². The zero-order valence-corrected chi connectivity index (χ0v) is 24.3. The molecule has 0 spiro atoms. The van der Waals surface area contributed by atoms with Gasteiger partial charge < -0.3 is 29.5 Å². The third-order valence-corrected chi connectivity index (χ3v) is 7.98. The highest BCUT2D eigenvalue weighted by Crippen LogP contribution is 2.43.